The van der Waals surface area contributed by atoms with Gasteiger partial charge in [0.05, 0.1) is 6.54 Å². The lowest BCUT2D eigenvalue weighted by Gasteiger charge is -2.21. The predicted molar refractivity (Wildman–Crippen MR) is 121 cm³/mol. The molecule has 1 unspecified atom stereocenters. The fourth-order valence-electron chi connectivity index (χ4n) is 3.57. The third-order valence-corrected chi connectivity index (χ3v) is 4.96. The Morgan fingerprint density at radius 2 is 2.15 bits per heavy atom. The summed E-state index contributed by atoms with van der Waals surface area (Å²) < 4.78 is 2.05. The number of fused-ring (bicyclic) bond motifs is 1. The Morgan fingerprint density at radius 1 is 1.26 bits per heavy atom. The van der Waals surface area contributed by atoms with Crippen molar-refractivity contribution in [2.45, 2.75) is 45.6 Å². The number of likely N-dealkylation sites (N-methyl/N-ethyl adjacent to an activating group) is 1. The summed E-state index contributed by atoms with van der Waals surface area (Å²) in [6.45, 7) is 9.30. The summed E-state index contributed by atoms with van der Waals surface area (Å²) in [4.78, 5) is 7.33. The van der Waals surface area contributed by atoms with Gasteiger partial charge in [0.15, 0.2) is 11.6 Å². The molecule has 0 bridgehead atoms. The van der Waals surface area contributed by atoms with Gasteiger partial charge in [-0.25, -0.2) is 0 Å². The molecule has 150 valence electrons. The normalized spacial score (nSPS) is 17.9. The standard InChI is InChI=1S/C19H31N7.HI/c1-3-20-19(22-15-16-9-8-13-25(16)4-2)21-12-7-11-18-24-23-17-10-5-6-14-26(17)18;/h5-6,10,14,16H,3-4,7-9,11-13,15H2,1-2H3,(H2,20,21,22);1H. The van der Waals surface area contributed by atoms with Crippen LogP contribution in [0.1, 0.15) is 38.9 Å². The molecule has 0 amide bonds. The van der Waals surface area contributed by atoms with Crippen molar-refractivity contribution in [3.8, 4) is 0 Å². The van der Waals surface area contributed by atoms with Crippen molar-refractivity contribution in [3.63, 3.8) is 0 Å². The van der Waals surface area contributed by atoms with E-state index in [1.165, 1.54) is 19.4 Å². The fraction of sp³-hybridized carbons (Fsp3) is 0.632. The number of aromatic nitrogens is 3. The van der Waals surface area contributed by atoms with E-state index in [0.717, 1.165) is 56.5 Å². The zero-order valence-electron chi connectivity index (χ0n) is 16.4. The second-order valence-corrected chi connectivity index (χ2v) is 6.72. The fourth-order valence-corrected chi connectivity index (χ4v) is 3.57. The van der Waals surface area contributed by atoms with Crippen molar-refractivity contribution in [1.82, 2.24) is 30.1 Å². The summed E-state index contributed by atoms with van der Waals surface area (Å²) in [7, 11) is 0. The monoisotopic (exact) mass is 485 g/mol. The number of aryl methyl sites for hydroxylation is 1. The highest BCUT2D eigenvalue weighted by molar-refractivity contribution is 14.0. The van der Waals surface area contributed by atoms with Gasteiger partial charge in [0, 0.05) is 31.7 Å². The second-order valence-electron chi connectivity index (χ2n) is 6.72. The number of rotatable bonds is 8. The van der Waals surface area contributed by atoms with Gasteiger partial charge >= 0.3 is 0 Å². The number of nitrogens with one attached hydrogen (secondary N) is 2. The molecular formula is C19H32IN7. The van der Waals surface area contributed by atoms with E-state index in [1.807, 2.05) is 24.4 Å². The van der Waals surface area contributed by atoms with Crippen LogP contribution in [0, 0.1) is 0 Å². The highest BCUT2D eigenvalue weighted by Gasteiger charge is 2.22. The molecule has 0 saturated carbocycles. The lowest BCUT2D eigenvalue weighted by molar-refractivity contribution is 0.273. The van der Waals surface area contributed by atoms with Gasteiger partial charge < -0.3 is 10.6 Å². The molecule has 3 heterocycles. The Hall–Kier alpha value is -1.42. The molecule has 0 spiro atoms. The molecule has 0 radical (unpaired) electrons. The molecule has 1 aliphatic heterocycles. The minimum atomic E-state index is 0. The van der Waals surface area contributed by atoms with Gasteiger partial charge in [-0.15, -0.1) is 34.2 Å². The van der Waals surface area contributed by atoms with E-state index in [0.29, 0.717) is 6.04 Å². The topological polar surface area (TPSA) is 69.8 Å². The minimum absolute atomic E-state index is 0. The summed E-state index contributed by atoms with van der Waals surface area (Å²) in [6, 6.07) is 6.57. The molecule has 3 rings (SSSR count). The highest BCUT2D eigenvalue weighted by atomic mass is 127. The summed E-state index contributed by atoms with van der Waals surface area (Å²) >= 11 is 0. The molecule has 1 saturated heterocycles. The van der Waals surface area contributed by atoms with E-state index in [1.54, 1.807) is 0 Å². The first-order valence-corrected chi connectivity index (χ1v) is 9.86. The van der Waals surface area contributed by atoms with Crippen molar-refractivity contribution < 1.29 is 0 Å². The second kappa shape index (κ2) is 11.4. The Morgan fingerprint density at radius 3 is 2.96 bits per heavy atom. The minimum Gasteiger partial charge on any atom is -0.357 e. The van der Waals surface area contributed by atoms with E-state index in [-0.39, 0.29) is 24.0 Å². The Balaban J connectivity index is 0.00000261. The maximum Gasteiger partial charge on any atom is 0.191 e. The van der Waals surface area contributed by atoms with Crippen LogP contribution in [0.2, 0.25) is 0 Å². The first kappa shape index (κ1) is 21.9. The van der Waals surface area contributed by atoms with Gasteiger partial charge in [0.1, 0.15) is 5.82 Å². The lowest BCUT2D eigenvalue weighted by atomic mass is 10.2. The number of pyridine rings is 1. The van der Waals surface area contributed by atoms with Gasteiger partial charge in [0.2, 0.25) is 0 Å². The lowest BCUT2D eigenvalue weighted by Crippen LogP contribution is -2.39. The highest BCUT2D eigenvalue weighted by Crippen LogP contribution is 2.16. The Kier molecular flexibility index (Phi) is 9.26. The van der Waals surface area contributed by atoms with Crippen molar-refractivity contribution in [2.24, 2.45) is 4.99 Å². The van der Waals surface area contributed by atoms with E-state index in [4.69, 9.17) is 4.99 Å². The average molecular weight is 485 g/mol. The number of guanidine groups is 1. The molecule has 0 aliphatic carbocycles. The van der Waals surface area contributed by atoms with Gasteiger partial charge in [0.25, 0.3) is 0 Å². The van der Waals surface area contributed by atoms with E-state index in [9.17, 15) is 0 Å². The van der Waals surface area contributed by atoms with Gasteiger partial charge in [-0.3, -0.25) is 14.3 Å². The van der Waals surface area contributed by atoms with Crippen LogP contribution in [0.15, 0.2) is 29.4 Å². The van der Waals surface area contributed by atoms with Crippen molar-refractivity contribution in [2.75, 3.05) is 32.7 Å². The summed E-state index contributed by atoms with van der Waals surface area (Å²) in [5.74, 6) is 1.93. The van der Waals surface area contributed by atoms with Crippen LogP contribution in [0.25, 0.3) is 5.65 Å². The van der Waals surface area contributed by atoms with Crippen molar-refractivity contribution in [1.29, 1.82) is 0 Å². The number of aliphatic imine (C=N–C) groups is 1. The Bertz CT molecular complexity index is 715. The summed E-state index contributed by atoms with van der Waals surface area (Å²) in [5, 5.41) is 15.3. The maximum atomic E-state index is 4.80. The Labute approximate surface area is 179 Å². The maximum absolute atomic E-state index is 4.80. The summed E-state index contributed by atoms with van der Waals surface area (Å²) in [5.41, 5.74) is 0.905. The molecule has 1 atom stereocenters. The molecule has 2 aromatic heterocycles. The van der Waals surface area contributed by atoms with E-state index in [2.05, 4.69) is 44.0 Å². The molecule has 27 heavy (non-hydrogen) atoms. The largest absolute Gasteiger partial charge is 0.357 e. The number of likely N-dealkylation sites (tertiary alicyclic amines) is 1. The zero-order chi connectivity index (χ0) is 18.2. The molecular weight excluding hydrogens is 453 g/mol. The van der Waals surface area contributed by atoms with E-state index >= 15 is 0 Å². The van der Waals surface area contributed by atoms with Crippen LogP contribution < -0.4 is 10.6 Å². The SMILES string of the molecule is CCNC(=NCC1CCCN1CC)NCCCc1nnc2ccccn12.I. The number of hydrogen-bond acceptors (Lipinski definition) is 4. The van der Waals surface area contributed by atoms with Gasteiger partial charge in [-0.1, -0.05) is 13.0 Å². The molecule has 7 nitrogen and oxygen atoms in total. The first-order valence-electron chi connectivity index (χ1n) is 9.86. The molecule has 0 aromatic carbocycles. The molecule has 1 aliphatic rings. The number of hydrogen-bond donors (Lipinski definition) is 2. The zero-order valence-corrected chi connectivity index (χ0v) is 18.7. The molecule has 2 N–H and O–H groups in total. The smallest absolute Gasteiger partial charge is 0.191 e. The molecule has 8 heteroatoms. The first-order chi connectivity index (χ1) is 12.8. The van der Waals surface area contributed by atoms with Gasteiger partial charge in [-0.05, 0) is 51.4 Å². The molecule has 1 fully saturated rings. The number of halogens is 1. The third-order valence-electron chi connectivity index (χ3n) is 4.96. The predicted octanol–water partition coefficient (Wildman–Crippen LogP) is 2.32. The van der Waals surface area contributed by atoms with Crippen molar-refractivity contribution >= 4 is 35.6 Å². The summed E-state index contributed by atoms with van der Waals surface area (Å²) in [6.07, 6.45) is 6.46. The van der Waals surface area contributed by atoms with Crippen LogP contribution >= 0.6 is 24.0 Å². The van der Waals surface area contributed by atoms with Crippen LogP contribution in [0.5, 0.6) is 0 Å². The molecule has 2 aromatic rings. The van der Waals surface area contributed by atoms with Gasteiger partial charge in [-0.2, -0.15) is 0 Å². The third kappa shape index (κ3) is 6.03. The van der Waals surface area contributed by atoms with Crippen LogP contribution in [0.4, 0.5) is 0 Å². The van der Waals surface area contributed by atoms with Crippen LogP contribution in [-0.2, 0) is 6.42 Å². The number of nitrogens with zero attached hydrogens (tertiary/aromatic N) is 5. The van der Waals surface area contributed by atoms with E-state index < -0.39 is 0 Å². The van der Waals surface area contributed by atoms with Crippen LogP contribution in [0.3, 0.4) is 0 Å². The van der Waals surface area contributed by atoms with Crippen LogP contribution in [-0.4, -0.2) is 64.2 Å². The average Bonchev–Trinajstić information content (AvgIpc) is 3.29. The van der Waals surface area contributed by atoms with Crippen molar-refractivity contribution in [3.05, 3.63) is 30.2 Å². The quantitative estimate of drug-likeness (QED) is 0.260.